The Morgan fingerprint density at radius 3 is 2.66 bits per heavy atom. The second-order valence-electron chi connectivity index (χ2n) is 7.90. The van der Waals surface area contributed by atoms with Crippen LogP contribution < -0.4 is 10.6 Å². The van der Waals surface area contributed by atoms with Crippen LogP contribution in [0.1, 0.15) is 30.6 Å². The lowest BCUT2D eigenvalue weighted by Crippen LogP contribution is -2.47. The van der Waals surface area contributed by atoms with Gasteiger partial charge in [0.1, 0.15) is 6.10 Å². The van der Waals surface area contributed by atoms with E-state index < -0.39 is 29.6 Å². The quantitative estimate of drug-likeness (QED) is 0.434. The fourth-order valence-electron chi connectivity index (χ4n) is 4.34. The number of halogens is 1. The molecule has 32 heavy (non-hydrogen) atoms. The molecule has 168 valence electrons. The molecule has 4 N–H and O–H groups in total. The van der Waals surface area contributed by atoms with E-state index in [1.165, 1.54) is 19.4 Å². The van der Waals surface area contributed by atoms with Crippen molar-refractivity contribution in [2.24, 2.45) is 11.3 Å². The summed E-state index contributed by atoms with van der Waals surface area (Å²) in [6.07, 6.45) is -0.988. The first-order valence-corrected chi connectivity index (χ1v) is 10.8. The maximum Gasteiger partial charge on any atom is 0.228 e. The minimum atomic E-state index is -1.28. The Balaban J connectivity index is 1.82. The number of amides is 1. The van der Waals surface area contributed by atoms with Crippen molar-refractivity contribution in [3.8, 4) is 11.8 Å². The van der Waals surface area contributed by atoms with Crippen molar-refractivity contribution in [3.63, 3.8) is 0 Å². The third kappa shape index (κ3) is 3.31. The van der Waals surface area contributed by atoms with Gasteiger partial charge in [-0.05, 0) is 36.8 Å². The topological polar surface area (TPSA) is 125 Å². The minimum absolute atomic E-state index is 0.187. The molecule has 1 amide bonds. The van der Waals surface area contributed by atoms with E-state index in [2.05, 4.69) is 37.4 Å². The van der Waals surface area contributed by atoms with Crippen LogP contribution in [-0.2, 0) is 4.79 Å². The van der Waals surface area contributed by atoms with Gasteiger partial charge >= 0.3 is 0 Å². The van der Waals surface area contributed by atoms with Gasteiger partial charge < -0.3 is 25.4 Å². The summed E-state index contributed by atoms with van der Waals surface area (Å²) in [5.41, 5.74) is -0.349. The molecule has 3 unspecified atom stereocenters. The average Bonchev–Trinajstić information content (AvgIpc) is 3.45. The number of nitrogens with one attached hydrogen (secondary N) is 2. The second kappa shape index (κ2) is 8.12. The maximum absolute atomic E-state index is 13.2. The van der Waals surface area contributed by atoms with Crippen LogP contribution in [0, 0.1) is 28.3 Å². The van der Waals surface area contributed by atoms with Crippen molar-refractivity contribution in [2.75, 3.05) is 19.4 Å². The van der Waals surface area contributed by atoms with Gasteiger partial charge in [0.2, 0.25) is 11.7 Å². The molecular weight excluding hydrogens is 435 g/mol. The van der Waals surface area contributed by atoms with Gasteiger partial charge in [-0.25, -0.2) is 15.0 Å². The maximum atomic E-state index is 13.2. The minimum Gasteiger partial charge on any atom is -0.389 e. The van der Waals surface area contributed by atoms with E-state index in [0.717, 1.165) is 11.3 Å². The van der Waals surface area contributed by atoms with E-state index in [-0.39, 0.29) is 16.9 Å². The number of rotatable bonds is 3. The third-order valence-electron chi connectivity index (χ3n) is 6.31. The number of aromatic nitrogens is 4. The average molecular weight is 459 g/mol. The van der Waals surface area contributed by atoms with Gasteiger partial charge in [-0.15, -0.1) is 0 Å². The Morgan fingerprint density at radius 2 is 2.03 bits per heavy atom. The zero-order chi connectivity index (χ0) is 23.2. The Morgan fingerprint density at radius 1 is 1.28 bits per heavy atom. The molecular formula is C21H23FN6O3S. The van der Waals surface area contributed by atoms with Crippen LogP contribution in [0.3, 0.4) is 0 Å². The fraction of sp³-hybridized carbons (Fsp3) is 0.429. The number of hydrogen-bond donors (Lipinski definition) is 4. The molecule has 1 fully saturated rings. The molecule has 0 aliphatic heterocycles. The molecule has 3 aromatic rings. The predicted molar refractivity (Wildman–Crippen MR) is 118 cm³/mol. The summed E-state index contributed by atoms with van der Waals surface area (Å²) in [7, 11) is 3.18. The highest BCUT2D eigenvalue weighted by molar-refractivity contribution is 7.10. The number of aliphatic hydroxyl groups is 2. The second-order valence-corrected chi connectivity index (χ2v) is 8.93. The van der Waals surface area contributed by atoms with Crippen LogP contribution in [0.25, 0.3) is 11.2 Å². The van der Waals surface area contributed by atoms with Gasteiger partial charge in [-0.3, -0.25) is 4.79 Å². The van der Waals surface area contributed by atoms with Crippen LogP contribution in [-0.4, -0.2) is 61.9 Å². The van der Waals surface area contributed by atoms with Crippen LogP contribution in [0.5, 0.6) is 0 Å². The van der Waals surface area contributed by atoms with E-state index in [1.807, 2.05) is 0 Å². The summed E-state index contributed by atoms with van der Waals surface area (Å²) in [6.45, 7) is 3.44. The van der Waals surface area contributed by atoms with E-state index >= 15 is 0 Å². The zero-order valence-corrected chi connectivity index (χ0v) is 18.7. The van der Waals surface area contributed by atoms with Crippen LogP contribution in [0.15, 0.2) is 18.5 Å². The summed E-state index contributed by atoms with van der Waals surface area (Å²) in [4.78, 5) is 26.4. The number of fused-ring (bicyclic) bond motifs is 1. The van der Waals surface area contributed by atoms with Crippen molar-refractivity contribution >= 4 is 34.2 Å². The Hall–Kier alpha value is -3.07. The number of nitrogens with zero attached hydrogens (tertiary/aromatic N) is 4. The molecule has 5 atom stereocenters. The number of carbonyl (C=O) groups is 1. The lowest BCUT2D eigenvalue weighted by atomic mass is 9.77. The lowest BCUT2D eigenvalue weighted by Gasteiger charge is -2.31. The first-order valence-electron chi connectivity index (χ1n) is 10.00. The highest BCUT2D eigenvalue weighted by Gasteiger charge is 2.59. The summed E-state index contributed by atoms with van der Waals surface area (Å²) < 4.78 is 14.9. The molecule has 9 nitrogen and oxygen atoms in total. The van der Waals surface area contributed by atoms with Crippen molar-refractivity contribution in [2.45, 2.75) is 32.1 Å². The van der Waals surface area contributed by atoms with Crippen molar-refractivity contribution < 1.29 is 19.4 Å². The van der Waals surface area contributed by atoms with Crippen molar-refractivity contribution in [1.29, 1.82) is 0 Å². The summed E-state index contributed by atoms with van der Waals surface area (Å²) in [6, 6.07) is 2.25. The highest BCUT2D eigenvalue weighted by atomic mass is 32.1. The molecule has 1 aliphatic rings. The van der Waals surface area contributed by atoms with E-state index in [4.69, 9.17) is 0 Å². The number of aliphatic hydroxyl groups excluding tert-OH is 2. The van der Waals surface area contributed by atoms with Crippen molar-refractivity contribution in [1.82, 2.24) is 24.8 Å². The lowest BCUT2D eigenvalue weighted by molar-refractivity contribution is -0.139. The van der Waals surface area contributed by atoms with Crippen LogP contribution in [0.2, 0.25) is 0 Å². The molecule has 0 radical (unpaired) electrons. The highest BCUT2D eigenvalue weighted by Crippen LogP contribution is 2.50. The summed E-state index contributed by atoms with van der Waals surface area (Å²) in [5, 5.41) is 26.9. The molecule has 1 aliphatic carbocycles. The first kappa shape index (κ1) is 22.1. The molecule has 1 saturated carbocycles. The monoisotopic (exact) mass is 458 g/mol. The fourth-order valence-corrected chi connectivity index (χ4v) is 4.93. The third-order valence-corrected chi connectivity index (χ3v) is 7.10. The SMILES string of the molecule is CNC(=O)[C@]1(C)C(O)C(O)C(n2cnc3c(NC)nc(C#Cc4ccc(F)s4)nc32)[C@H]1C. The van der Waals surface area contributed by atoms with Crippen LogP contribution >= 0.6 is 11.3 Å². The van der Waals surface area contributed by atoms with E-state index in [0.29, 0.717) is 21.9 Å². The predicted octanol–water partition coefficient (Wildman–Crippen LogP) is 1.13. The number of thiophene rings is 1. The molecule has 0 aromatic carbocycles. The van der Waals surface area contributed by atoms with Crippen molar-refractivity contribution in [3.05, 3.63) is 34.3 Å². The summed E-state index contributed by atoms with van der Waals surface area (Å²) >= 11 is 0.923. The smallest absolute Gasteiger partial charge is 0.228 e. The Kier molecular flexibility index (Phi) is 5.62. The summed E-state index contributed by atoms with van der Waals surface area (Å²) in [5.74, 6) is 5.50. The molecule has 0 bridgehead atoms. The van der Waals surface area contributed by atoms with Gasteiger partial charge in [0.25, 0.3) is 0 Å². The number of hydrogen-bond acceptors (Lipinski definition) is 8. The van der Waals surface area contributed by atoms with E-state index in [9.17, 15) is 19.4 Å². The molecule has 0 spiro atoms. The Bertz CT molecular complexity index is 1250. The normalized spacial score (nSPS) is 27.2. The van der Waals surface area contributed by atoms with Gasteiger partial charge in [-0.1, -0.05) is 18.3 Å². The zero-order valence-electron chi connectivity index (χ0n) is 17.9. The molecule has 3 heterocycles. The number of imidazole rings is 1. The van der Waals surface area contributed by atoms with Crippen LogP contribution in [0.4, 0.5) is 10.2 Å². The molecule has 4 rings (SSSR count). The molecule has 0 saturated heterocycles. The largest absolute Gasteiger partial charge is 0.389 e. The van der Waals surface area contributed by atoms with Gasteiger partial charge in [-0.2, -0.15) is 4.39 Å². The number of anilines is 1. The standard InChI is InChI=1S/C21H23FN6O3S/c1-10-15(16(29)17(30)21(10,2)20(31)24-4)28-9-25-14-18(23-3)26-13(27-19(14)28)8-6-11-5-7-12(22)32-11/h5,7,9-10,15-17,29-30H,1-4H3,(H,24,31)(H,23,26,27)/t10-,15?,16?,17?,21+/m1/s1. The first-order chi connectivity index (χ1) is 15.2. The molecule has 11 heteroatoms. The van der Waals surface area contributed by atoms with Gasteiger partial charge in [0.15, 0.2) is 22.1 Å². The van der Waals surface area contributed by atoms with E-state index in [1.54, 1.807) is 31.5 Å². The van der Waals surface area contributed by atoms with Gasteiger partial charge in [0, 0.05) is 14.1 Å². The van der Waals surface area contributed by atoms with Gasteiger partial charge in [0.05, 0.1) is 28.8 Å². The Labute approximate surface area is 187 Å². The number of carbonyl (C=O) groups excluding carboxylic acids is 1. The molecule has 3 aromatic heterocycles.